The standard InChI is InChI=1S/C14H27NO/c1-7-15(8-2)16-14(13(5)6)11-9-10-12(3)4/h14H,3,5,7-11H2,1-2,4,6H3. The Morgan fingerprint density at radius 3 is 2.12 bits per heavy atom. The maximum atomic E-state index is 5.90. The van der Waals surface area contributed by atoms with Crippen LogP contribution in [-0.2, 0) is 4.84 Å². The predicted octanol–water partition coefficient (Wildman–Crippen LogP) is 3.95. The third kappa shape index (κ3) is 6.81. The van der Waals surface area contributed by atoms with Gasteiger partial charge in [-0.1, -0.05) is 26.0 Å². The number of hydrogen-bond donors (Lipinski definition) is 0. The largest absolute Gasteiger partial charge is 0.291 e. The van der Waals surface area contributed by atoms with Crippen molar-refractivity contribution in [2.24, 2.45) is 0 Å². The van der Waals surface area contributed by atoms with Crippen LogP contribution in [-0.4, -0.2) is 24.3 Å². The van der Waals surface area contributed by atoms with Gasteiger partial charge in [0.1, 0.15) is 0 Å². The molecule has 2 nitrogen and oxygen atoms in total. The van der Waals surface area contributed by atoms with Gasteiger partial charge in [-0.25, -0.2) is 0 Å². The average molecular weight is 225 g/mol. The van der Waals surface area contributed by atoms with Gasteiger partial charge in [-0.3, -0.25) is 4.84 Å². The van der Waals surface area contributed by atoms with E-state index in [9.17, 15) is 0 Å². The highest BCUT2D eigenvalue weighted by Crippen LogP contribution is 2.15. The number of rotatable bonds is 9. The van der Waals surface area contributed by atoms with Gasteiger partial charge in [0.2, 0.25) is 0 Å². The maximum Gasteiger partial charge on any atom is 0.0998 e. The minimum atomic E-state index is 0.152. The Hall–Kier alpha value is -0.600. The van der Waals surface area contributed by atoms with Crippen molar-refractivity contribution in [1.82, 2.24) is 5.06 Å². The van der Waals surface area contributed by atoms with Gasteiger partial charge < -0.3 is 0 Å². The second-order valence-electron chi connectivity index (χ2n) is 4.40. The lowest BCUT2D eigenvalue weighted by atomic mass is 10.0. The van der Waals surface area contributed by atoms with E-state index < -0.39 is 0 Å². The van der Waals surface area contributed by atoms with Crippen LogP contribution in [0, 0.1) is 0 Å². The summed E-state index contributed by atoms with van der Waals surface area (Å²) in [5.41, 5.74) is 2.34. The monoisotopic (exact) mass is 225 g/mol. The fraction of sp³-hybridized carbons (Fsp3) is 0.714. The summed E-state index contributed by atoms with van der Waals surface area (Å²) in [5, 5.41) is 1.99. The average Bonchev–Trinajstić information content (AvgIpc) is 2.22. The summed E-state index contributed by atoms with van der Waals surface area (Å²) in [4.78, 5) is 5.90. The lowest BCUT2D eigenvalue weighted by Gasteiger charge is -2.25. The zero-order valence-corrected chi connectivity index (χ0v) is 11.4. The number of nitrogens with zero attached hydrogens (tertiary/aromatic N) is 1. The summed E-state index contributed by atoms with van der Waals surface area (Å²) in [6, 6.07) is 0. The Morgan fingerprint density at radius 2 is 1.75 bits per heavy atom. The Kier molecular flexibility index (Phi) is 8.22. The Morgan fingerprint density at radius 1 is 1.19 bits per heavy atom. The minimum Gasteiger partial charge on any atom is -0.291 e. The van der Waals surface area contributed by atoms with Crippen molar-refractivity contribution in [2.45, 2.75) is 53.1 Å². The zero-order valence-electron chi connectivity index (χ0n) is 11.4. The molecule has 1 unspecified atom stereocenters. The maximum absolute atomic E-state index is 5.90. The molecule has 2 heteroatoms. The number of hydroxylamine groups is 2. The molecule has 0 aromatic heterocycles. The molecule has 0 spiro atoms. The molecule has 0 saturated heterocycles. The first-order valence-corrected chi connectivity index (χ1v) is 6.22. The first-order chi connectivity index (χ1) is 7.51. The highest BCUT2D eigenvalue weighted by Gasteiger charge is 2.13. The van der Waals surface area contributed by atoms with Crippen LogP contribution >= 0.6 is 0 Å². The lowest BCUT2D eigenvalue weighted by Crippen LogP contribution is -2.30. The Bertz CT molecular complexity index is 219. The summed E-state index contributed by atoms with van der Waals surface area (Å²) >= 11 is 0. The molecule has 0 aliphatic rings. The molecule has 0 fully saturated rings. The molecule has 0 aromatic rings. The van der Waals surface area contributed by atoms with Gasteiger partial charge in [-0.2, -0.15) is 5.06 Å². The van der Waals surface area contributed by atoms with Crippen LogP contribution in [0.1, 0.15) is 47.0 Å². The summed E-state index contributed by atoms with van der Waals surface area (Å²) < 4.78 is 0. The van der Waals surface area contributed by atoms with Crippen LogP contribution in [0.4, 0.5) is 0 Å². The topological polar surface area (TPSA) is 12.5 Å². The van der Waals surface area contributed by atoms with Crippen LogP contribution in [0.3, 0.4) is 0 Å². The molecule has 0 aliphatic carbocycles. The highest BCUT2D eigenvalue weighted by atomic mass is 16.7. The molecule has 0 aromatic carbocycles. The van der Waals surface area contributed by atoms with E-state index in [0.29, 0.717) is 0 Å². The van der Waals surface area contributed by atoms with Crippen LogP contribution in [0.15, 0.2) is 24.3 Å². The second-order valence-corrected chi connectivity index (χ2v) is 4.40. The summed E-state index contributed by atoms with van der Waals surface area (Å²) in [5.74, 6) is 0. The van der Waals surface area contributed by atoms with Crippen LogP contribution in [0.5, 0.6) is 0 Å². The Labute approximate surface area is 101 Å². The van der Waals surface area contributed by atoms with E-state index in [1.165, 1.54) is 5.57 Å². The molecule has 0 amide bonds. The van der Waals surface area contributed by atoms with E-state index in [0.717, 1.165) is 37.9 Å². The van der Waals surface area contributed by atoms with Crippen molar-refractivity contribution in [2.75, 3.05) is 13.1 Å². The normalized spacial score (nSPS) is 12.8. The van der Waals surface area contributed by atoms with Crippen LogP contribution in [0.2, 0.25) is 0 Å². The molecule has 0 aliphatic heterocycles. The van der Waals surface area contributed by atoms with Gasteiger partial charge in [0.25, 0.3) is 0 Å². The second kappa shape index (κ2) is 8.54. The third-order valence-electron chi connectivity index (χ3n) is 2.60. The molecular formula is C14H27NO. The van der Waals surface area contributed by atoms with E-state index in [1.54, 1.807) is 0 Å². The third-order valence-corrected chi connectivity index (χ3v) is 2.60. The lowest BCUT2D eigenvalue weighted by molar-refractivity contribution is -0.183. The van der Waals surface area contributed by atoms with Gasteiger partial charge in [0.15, 0.2) is 0 Å². The van der Waals surface area contributed by atoms with Crippen molar-refractivity contribution in [3.8, 4) is 0 Å². The van der Waals surface area contributed by atoms with Gasteiger partial charge in [-0.15, -0.1) is 6.58 Å². The van der Waals surface area contributed by atoms with E-state index in [1.807, 2.05) is 12.0 Å². The van der Waals surface area contributed by atoms with Crippen molar-refractivity contribution in [1.29, 1.82) is 0 Å². The van der Waals surface area contributed by atoms with E-state index >= 15 is 0 Å². The molecule has 0 saturated carbocycles. The van der Waals surface area contributed by atoms with Crippen LogP contribution < -0.4 is 0 Å². The van der Waals surface area contributed by atoms with Gasteiger partial charge in [0.05, 0.1) is 6.10 Å². The van der Waals surface area contributed by atoms with Gasteiger partial charge in [0, 0.05) is 13.1 Å². The molecule has 0 rings (SSSR count). The van der Waals surface area contributed by atoms with Gasteiger partial charge in [-0.05, 0) is 38.7 Å². The summed E-state index contributed by atoms with van der Waals surface area (Å²) in [6.07, 6.45) is 3.37. The first-order valence-electron chi connectivity index (χ1n) is 6.22. The smallest absolute Gasteiger partial charge is 0.0998 e. The van der Waals surface area contributed by atoms with Crippen molar-refractivity contribution >= 4 is 0 Å². The summed E-state index contributed by atoms with van der Waals surface area (Å²) in [6.45, 7) is 18.1. The molecule has 1 atom stereocenters. The molecule has 0 N–H and O–H groups in total. The van der Waals surface area contributed by atoms with Crippen LogP contribution in [0.25, 0.3) is 0 Å². The molecule has 0 bridgehead atoms. The van der Waals surface area contributed by atoms with E-state index in [2.05, 4.69) is 33.9 Å². The SMILES string of the molecule is C=C(C)CCCC(ON(CC)CC)C(=C)C. The highest BCUT2D eigenvalue weighted by molar-refractivity contribution is 4.98. The predicted molar refractivity (Wildman–Crippen MR) is 71.3 cm³/mol. The van der Waals surface area contributed by atoms with E-state index in [-0.39, 0.29) is 6.10 Å². The molecular weight excluding hydrogens is 198 g/mol. The fourth-order valence-corrected chi connectivity index (χ4v) is 1.53. The first kappa shape index (κ1) is 15.4. The van der Waals surface area contributed by atoms with Gasteiger partial charge >= 0.3 is 0 Å². The molecule has 0 heterocycles. The van der Waals surface area contributed by atoms with Crippen molar-refractivity contribution in [3.63, 3.8) is 0 Å². The number of allylic oxidation sites excluding steroid dienone is 1. The minimum absolute atomic E-state index is 0.152. The molecule has 94 valence electrons. The zero-order chi connectivity index (χ0) is 12.6. The fourth-order valence-electron chi connectivity index (χ4n) is 1.53. The quantitative estimate of drug-likeness (QED) is 0.435. The summed E-state index contributed by atoms with van der Waals surface area (Å²) in [7, 11) is 0. The Balaban J connectivity index is 4.06. The van der Waals surface area contributed by atoms with E-state index in [4.69, 9.17) is 4.84 Å². The molecule has 0 radical (unpaired) electrons. The number of hydrogen-bond acceptors (Lipinski definition) is 2. The molecule has 16 heavy (non-hydrogen) atoms. The van der Waals surface area contributed by atoms with Crippen molar-refractivity contribution in [3.05, 3.63) is 24.3 Å². The van der Waals surface area contributed by atoms with Crippen molar-refractivity contribution < 1.29 is 4.84 Å².